The van der Waals surface area contributed by atoms with Gasteiger partial charge in [-0.3, -0.25) is 28.8 Å². The van der Waals surface area contributed by atoms with Crippen LogP contribution in [0.2, 0.25) is 0 Å². The number of rotatable bonds is 24. The number of carboxylic acids is 2. The number of ether oxygens (including phenoxy) is 2. The van der Waals surface area contributed by atoms with E-state index in [0.29, 0.717) is 76.2 Å². The molecule has 2 N–H and O–H groups in total. The topological polar surface area (TPSA) is 218 Å². The van der Waals surface area contributed by atoms with E-state index < -0.39 is 46.4 Å². The van der Waals surface area contributed by atoms with E-state index in [4.69, 9.17) is 9.47 Å². The number of fused-ring (bicyclic) bond motifs is 2. The predicted octanol–water partition coefficient (Wildman–Crippen LogP) is 6.82. The number of unbranched alkanes of at least 4 members (excludes halogenated alkanes) is 10. The van der Waals surface area contributed by atoms with Crippen molar-refractivity contribution in [2.45, 2.75) is 121 Å². The number of halogens is 2. The van der Waals surface area contributed by atoms with E-state index in [1.165, 1.54) is 12.4 Å². The van der Waals surface area contributed by atoms with Gasteiger partial charge in [0.05, 0.1) is 22.4 Å². The molecule has 4 aliphatic rings. The lowest BCUT2D eigenvalue weighted by molar-refractivity contribution is -0.152. The van der Waals surface area contributed by atoms with E-state index in [1.807, 2.05) is 0 Å². The highest BCUT2D eigenvalue weighted by atomic mass is 19.1. The average Bonchev–Trinajstić information content (AvgIpc) is 4.33. The third kappa shape index (κ3) is 13.0. The molecule has 2 aromatic carbocycles. The first-order valence-electron chi connectivity index (χ1n) is 25.8. The maximum atomic E-state index is 15.4. The molecule has 2 aromatic heterocycles. The van der Waals surface area contributed by atoms with E-state index in [9.17, 15) is 48.6 Å². The first-order valence-corrected chi connectivity index (χ1v) is 25.8. The van der Waals surface area contributed by atoms with Crippen molar-refractivity contribution >= 4 is 68.9 Å². The van der Waals surface area contributed by atoms with Gasteiger partial charge in [-0.05, 0) is 62.8 Å². The van der Waals surface area contributed by atoms with Crippen LogP contribution in [0, 0.1) is 11.6 Å². The summed E-state index contributed by atoms with van der Waals surface area (Å²) >= 11 is 0. The molecular formula is C53H64F2N6O12. The smallest absolute Gasteiger partial charge is 0.341 e. The van der Waals surface area contributed by atoms with Crippen molar-refractivity contribution < 1.29 is 57.2 Å². The Morgan fingerprint density at radius 3 is 1.14 bits per heavy atom. The fourth-order valence-corrected chi connectivity index (χ4v) is 9.95. The number of hydrogen-bond donors (Lipinski definition) is 2. The first kappa shape index (κ1) is 52.5. The highest BCUT2D eigenvalue weighted by Gasteiger charge is 2.31. The van der Waals surface area contributed by atoms with E-state index >= 15 is 8.78 Å². The summed E-state index contributed by atoms with van der Waals surface area (Å²) in [4.78, 5) is 106. The van der Waals surface area contributed by atoms with Crippen molar-refractivity contribution in [2.24, 2.45) is 0 Å². The van der Waals surface area contributed by atoms with Gasteiger partial charge in [-0.2, -0.15) is 0 Å². The van der Waals surface area contributed by atoms with Crippen LogP contribution < -0.4 is 20.7 Å². The molecule has 0 spiro atoms. The molecular weight excluding hydrogens is 951 g/mol. The van der Waals surface area contributed by atoms with Crippen molar-refractivity contribution in [2.75, 3.05) is 75.4 Å². The van der Waals surface area contributed by atoms with E-state index in [0.717, 1.165) is 95.6 Å². The molecule has 4 aromatic rings. The van der Waals surface area contributed by atoms with E-state index in [2.05, 4.69) is 0 Å². The molecule has 2 aliphatic carbocycles. The molecule has 73 heavy (non-hydrogen) atoms. The van der Waals surface area contributed by atoms with Gasteiger partial charge in [0.15, 0.2) is 13.2 Å². The summed E-state index contributed by atoms with van der Waals surface area (Å²) in [6, 6.07) is 5.51. The summed E-state index contributed by atoms with van der Waals surface area (Å²) < 4.78 is 44.8. The summed E-state index contributed by atoms with van der Waals surface area (Å²) in [5, 5.41) is 19.1. The lowest BCUT2D eigenvalue weighted by Crippen LogP contribution is -2.50. The molecule has 18 nitrogen and oxygen atoms in total. The van der Waals surface area contributed by atoms with Gasteiger partial charge in [-0.25, -0.2) is 18.4 Å². The molecule has 2 saturated heterocycles. The average molecular weight is 1020 g/mol. The molecule has 2 saturated carbocycles. The summed E-state index contributed by atoms with van der Waals surface area (Å²) in [6.45, 7) is 1.79. The minimum Gasteiger partial charge on any atom is -0.477 e. The van der Waals surface area contributed by atoms with Crippen LogP contribution in [0.25, 0.3) is 21.8 Å². The van der Waals surface area contributed by atoms with Crippen LogP contribution in [0.5, 0.6) is 0 Å². The van der Waals surface area contributed by atoms with Gasteiger partial charge in [0, 0.05) is 100 Å². The number of nitrogens with zero attached hydrogens (tertiary/aromatic N) is 6. The Bertz CT molecular complexity index is 2670. The van der Waals surface area contributed by atoms with Crippen LogP contribution in [-0.4, -0.2) is 130 Å². The quantitative estimate of drug-likeness (QED) is 0.0544. The predicted molar refractivity (Wildman–Crippen MR) is 266 cm³/mol. The van der Waals surface area contributed by atoms with E-state index in [1.54, 1.807) is 40.9 Å². The number of piperazine rings is 2. The van der Waals surface area contributed by atoms with Gasteiger partial charge in [-0.1, -0.05) is 57.8 Å². The SMILES string of the molecule is O=C(CCCCCCCCCCCCCC(=O)OCC(=O)N1CCN(c2cc3c(cc2F)c(=O)c(C(=O)O)cn3C2CC2)CC1)OCC(=O)N1CCN(c2cc3c(cc2F)c(=O)c(C(=O)O)cn3C2CC2)CC1. The lowest BCUT2D eigenvalue weighted by atomic mass is 10.0. The minimum absolute atomic E-state index is 0.0232. The Morgan fingerprint density at radius 2 is 0.822 bits per heavy atom. The molecule has 4 heterocycles. The molecule has 4 fully saturated rings. The first-order chi connectivity index (χ1) is 35.2. The number of amides is 2. The van der Waals surface area contributed by atoms with Gasteiger partial charge >= 0.3 is 23.9 Å². The van der Waals surface area contributed by atoms with Crippen molar-refractivity contribution in [3.63, 3.8) is 0 Å². The summed E-state index contributed by atoms with van der Waals surface area (Å²) in [7, 11) is 0. The number of esters is 2. The third-order valence-corrected chi connectivity index (χ3v) is 14.5. The number of pyridine rings is 2. The highest BCUT2D eigenvalue weighted by Crippen LogP contribution is 2.39. The Balaban J connectivity index is 0.618. The standard InChI is InChI=1S/C53H64F2N6O12/c54-40-26-36-42(60(34-14-15-34)30-38(50(36)66)52(68)69)28-44(40)56-18-22-58(23-19-56)46(62)32-72-48(64)12-10-8-6-4-2-1-3-5-7-9-11-13-49(65)73-33-47(63)59-24-20-57(21-25-59)45-29-43-37(27-41(45)55)51(67)39(53(70)71)31-61(43)35-16-17-35/h26-31,34-35H,1-25,32-33H2,(H,68,69)(H,70,71). The van der Waals surface area contributed by atoms with Gasteiger partial charge in [0.1, 0.15) is 22.8 Å². The monoisotopic (exact) mass is 1010 g/mol. The second-order valence-electron chi connectivity index (χ2n) is 19.7. The Morgan fingerprint density at radius 1 is 0.493 bits per heavy atom. The zero-order chi connectivity index (χ0) is 51.8. The lowest BCUT2D eigenvalue weighted by Gasteiger charge is -2.36. The second-order valence-corrected chi connectivity index (χ2v) is 19.7. The molecule has 2 amide bonds. The summed E-state index contributed by atoms with van der Waals surface area (Å²) in [5.41, 5.74) is -0.708. The van der Waals surface area contributed by atoms with Gasteiger partial charge in [0.2, 0.25) is 10.9 Å². The van der Waals surface area contributed by atoms with Gasteiger partial charge in [0.25, 0.3) is 11.8 Å². The van der Waals surface area contributed by atoms with Crippen LogP contribution in [0.1, 0.15) is 142 Å². The maximum Gasteiger partial charge on any atom is 0.341 e. The molecule has 0 atom stereocenters. The molecule has 392 valence electrons. The largest absolute Gasteiger partial charge is 0.477 e. The number of aromatic carboxylic acids is 2. The van der Waals surface area contributed by atoms with E-state index in [-0.39, 0.29) is 83.2 Å². The highest BCUT2D eigenvalue weighted by molar-refractivity contribution is 5.95. The number of aromatic nitrogens is 2. The summed E-state index contributed by atoms with van der Waals surface area (Å²) in [5.74, 6) is -5.47. The van der Waals surface area contributed by atoms with Crippen LogP contribution >= 0.6 is 0 Å². The zero-order valence-corrected chi connectivity index (χ0v) is 41.1. The number of carbonyl (C=O) groups excluding carboxylic acids is 4. The van der Waals surface area contributed by atoms with Gasteiger partial charge < -0.3 is 48.4 Å². The van der Waals surface area contributed by atoms with Crippen LogP contribution in [0.3, 0.4) is 0 Å². The molecule has 0 radical (unpaired) electrons. The fourth-order valence-electron chi connectivity index (χ4n) is 9.95. The third-order valence-electron chi connectivity index (χ3n) is 14.5. The Labute approximate surface area is 420 Å². The molecule has 0 bridgehead atoms. The van der Waals surface area contributed by atoms with Crippen LogP contribution in [0.4, 0.5) is 20.2 Å². The van der Waals surface area contributed by atoms with Crippen molar-refractivity contribution in [1.29, 1.82) is 0 Å². The number of carbonyl (C=O) groups is 6. The maximum absolute atomic E-state index is 15.4. The van der Waals surface area contributed by atoms with Crippen LogP contribution in [-0.2, 0) is 28.7 Å². The van der Waals surface area contributed by atoms with Crippen molar-refractivity contribution in [3.05, 3.63) is 79.9 Å². The summed E-state index contributed by atoms with van der Waals surface area (Å²) in [6.07, 6.45) is 17.0. The molecule has 20 heteroatoms. The molecule has 0 unspecified atom stereocenters. The normalized spacial score (nSPS) is 16.0. The Kier molecular flexibility index (Phi) is 17.1. The number of anilines is 2. The fraction of sp³-hybridized carbons (Fsp3) is 0.547. The number of hydrogen-bond acceptors (Lipinski definition) is 12. The number of benzene rings is 2. The van der Waals surface area contributed by atoms with Crippen molar-refractivity contribution in [3.8, 4) is 0 Å². The minimum atomic E-state index is -1.35. The zero-order valence-electron chi connectivity index (χ0n) is 41.1. The second kappa shape index (κ2) is 23.8. The van der Waals surface area contributed by atoms with Crippen LogP contribution in [0.15, 0.2) is 46.2 Å². The molecule has 2 aliphatic heterocycles. The molecule has 8 rings (SSSR count). The van der Waals surface area contributed by atoms with Crippen molar-refractivity contribution in [1.82, 2.24) is 18.9 Å². The van der Waals surface area contributed by atoms with Gasteiger partial charge in [-0.15, -0.1) is 0 Å². The Hall–Kier alpha value is -6.86. The number of carboxylic acid groups (broad SMARTS) is 2.